The SMILES string of the molecule is CC(C)OC(CCCCCc1c(F)c(F)c(F)c(F)c1F)(O[SiH3])OC(C)C. The van der Waals surface area contributed by atoms with Crippen molar-refractivity contribution >= 4 is 10.5 Å². The van der Waals surface area contributed by atoms with Crippen LogP contribution in [0.25, 0.3) is 0 Å². The highest BCUT2D eigenvalue weighted by atomic mass is 28.2. The van der Waals surface area contributed by atoms with Gasteiger partial charge >= 0.3 is 0 Å². The summed E-state index contributed by atoms with van der Waals surface area (Å²) in [4.78, 5) is 0. The van der Waals surface area contributed by atoms with Crippen molar-refractivity contribution in [2.75, 3.05) is 0 Å². The summed E-state index contributed by atoms with van der Waals surface area (Å²) in [5, 5.41) is 0. The van der Waals surface area contributed by atoms with Crippen LogP contribution in [0.3, 0.4) is 0 Å². The lowest BCUT2D eigenvalue weighted by Gasteiger charge is -2.36. The maximum atomic E-state index is 13.7. The molecule has 0 atom stereocenters. The Bertz CT molecular complexity index is 587. The van der Waals surface area contributed by atoms with Gasteiger partial charge in [-0.25, -0.2) is 22.0 Å². The fraction of sp³-hybridized carbons (Fsp3) is 0.667. The van der Waals surface area contributed by atoms with Crippen molar-refractivity contribution < 1.29 is 35.9 Å². The topological polar surface area (TPSA) is 27.7 Å². The van der Waals surface area contributed by atoms with Crippen LogP contribution in [0, 0.1) is 29.1 Å². The van der Waals surface area contributed by atoms with E-state index in [2.05, 4.69) is 0 Å². The smallest absolute Gasteiger partial charge is 0.273 e. The minimum absolute atomic E-state index is 0.133. The van der Waals surface area contributed by atoms with Crippen LogP contribution in [-0.2, 0) is 20.3 Å². The van der Waals surface area contributed by atoms with Gasteiger partial charge < -0.3 is 13.9 Å². The van der Waals surface area contributed by atoms with Crippen molar-refractivity contribution in [2.24, 2.45) is 0 Å². The highest BCUT2D eigenvalue weighted by Crippen LogP contribution is 2.27. The molecule has 0 saturated carbocycles. The Morgan fingerprint density at radius 2 is 1.19 bits per heavy atom. The van der Waals surface area contributed by atoms with Crippen LogP contribution in [0.4, 0.5) is 22.0 Å². The van der Waals surface area contributed by atoms with Gasteiger partial charge in [-0.3, -0.25) is 0 Å². The zero-order chi connectivity index (χ0) is 20.8. The summed E-state index contributed by atoms with van der Waals surface area (Å²) in [6.45, 7) is 7.40. The molecule has 1 rings (SSSR count). The van der Waals surface area contributed by atoms with Crippen LogP contribution in [-0.4, -0.2) is 28.7 Å². The first-order valence-corrected chi connectivity index (χ1v) is 9.77. The molecule has 0 N–H and O–H groups in total. The van der Waals surface area contributed by atoms with Crippen molar-refractivity contribution in [2.45, 2.75) is 78.0 Å². The van der Waals surface area contributed by atoms with E-state index >= 15 is 0 Å². The summed E-state index contributed by atoms with van der Waals surface area (Å²) >= 11 is 0. The molecule has 1 aromatic rings. The van der Waals surface area contributed by atoms with Gasteiger partial charge in [0.25, 0.3) is 5.97 Å². The maximum absolute atomic E-state index is 13.7. The summed E-state index contributed by atoms with van der Waals surface area (Å²) in [5.41, 5.74) is -0.784. The molecule has 0 bridgehead atoms. The maximum Gasteiger partial charge on any atom is 0.273 e. The van der Waals surface area contributed by atoms with Crippen LogP contribution in [0.15, 0.2) is 0 Å². The second-order valence-electron chi connectivity index (χ2n) is 6.83. The molecule has 0 aliphatic carbocycles. The molecule has 0 spiro atoms. The lowest BCUT2D eigenvalue weighted by molar-refractivity contribution is -0.369. The number of hydrogen-bond donors (Lipinski definition) is 0. The summed E-state index contributed by atoms with van der Waals surface area (Å²) < 4.78 is 83.9. The average molecular weight is 414 g/mol. The minimum Gasteiger partial charge on any atom is -0.380 e. The lowest BCUT2D eigenvalue weighted by atomic mass is 10.0. The second-order valence-corrected chi connectivity index (χ2v) is 7.24. The normalized spacial score (nSPS) is 12.6. The van der Waals surface area contributed by atoms with Crippen LogP contribution in [0.1, 0.15) is 58.9 Å². The van der Waals surface area contributed by atoms with E-state index in [0.717, 1.165) is 0 Å². The third-order valence-corrected chi connectivity index (χ3v) is 4.47. The van der Waals surface area contributed by atoms with Crippen molar-refractivity contribution in [1.29, 1.82) is 0 Å². The van der Waals surface area contributed by atoms with Crippen LogP contribution >= 0.6 is 0 Å². The van der Waals surface area contributed by atoms with Gasteiger partial charge in [-0.1, -0.05) is 6.42 Å². The molecule has 0 fully saturated rings. The molecule has 0 radical (unpaired) electrons. The predicted octanol–water partition coefficient (Wildman–Crippen LogP) is 4.29. The van der Waals surface area contributed by atoms with E-state index in [4.69, 9.17) is 13.9 Å². The predicted molar refractivity (Wildman–Crippen MR) is 94.6 cm³/mol. The van der Waals surface area contributed by atoms with E-state index in [9.17, 15) is 22.0 Å². The highest BCUT2D eigenvalue weighted by Gasteiger charge is 2.33. The molecule has 0 aromatic heterocycles. The molecular weight excluding hydrogens is 387 g/mol. The van der Waals surface area contributed by atoms with E-state index in [1.54, 1.807) is 0 Å². The number of hydrogen-bond acceptors (Lipinski definition) is 3. The molecule has 27 heavy (non-hydrogen) atoms. The third kappa shape index (κ3) is 6.51. The van der Waals surface area contributed by atoms with E-state index in [0.29, 0.717) is 29.7 Å². The molecule has 3 nitrogen and oxygen atoms in total. The molecule has 0 aliphatic heterocycles. The first-order chi connectivity index (χ1) is 12.5. The molecule has 0 aliphatic rings. The van der Waals surface area contributed by atoms with Gasteiger partial charge in [0, 0.05) is 12.0 Å². The standard InChI is InChI=1S/C18H27F5O3Si/c1-10(2)24-18(26-27,25-11(3)4)9-7-5-6-8-12-13(19)15(21)17(23)16(22)14(12)20/h10-11H,5-9H2,1-4,27H3. The minimum atomic E-state index is -2.14. The van der Waals surface area contributed by atoms with Gasteiger partial charge in [0.2, 0.25) is 5.82 Å². The first-order valence-electron chi connectivity index (χ1n) is 8.95. The van der Waals surface area contributed by atoms with Crippen molar-refractivity contribution in [3.05, 3.63) is 34.6 Å². The average Bonchev–Trinajstić information content (AvgIpc) is 2.59. The quantitative estimate of drug-likeness (QED) is 0.135. The fourth-order valence-corrected chi connectivity index (χ4v) is 3.15. The highest BCUT2D eigenvalue weighted by molar-refractivity contribution is 5.98. The lowest BCUT2D eigenvalue weighted by Crippen LogP contribution is -2.42. The summed E-state index contributed by atoms with van der Waals surface area (Å²) in [7, 11) is 0.383. The molecule has 156 valence electrons. The van der Waals surface area contributed by atoms with Crippen LogP contribution in [0.2, 0.25) is 0 Å². The van der Waals surface area contributed by atoms with Gasteiger partial charge in [0.15, 0.2) is 33.8 Å². The molecule has 0 heterocycles. The zero-order valence-corrected chi connectivity index (χ0v) is 18.3. The number of unbranched alkanes of at least 4 members (excludes halogenated alkanes) is 2. The van der Waals surface area contributed by atoms with Gasteiger partial charge in [-0.2, -0.15) is 0 Å². The number of benzene rings is 1. The van der Waals surface area contributed by atoms with Gasteiger partial charge in [0.05, 0.1) is 12.2 Å². The Morgan fingerprint density at radius 1 is 0.741 bits per heavy atom. The Kier molecular flexibility index (Phi) is 9.33. The molecule has 1 aromatic carbocycles. The molecule has 0 amide bonds. The molecule has 0 unspecified atom stereocenters. The molecule has 9 heteroatoms. The summed E-state index contributed by atoms with van der Waals surface area (Å²) in [6.07, 6.45) is 1.14. The Labute approximate surface area is 159 Å². The van der Waals surface area contributed by atoms with E-state index in [1.165, 1.54) is 0 Å². The Morgan fingerprint density at radius 3 is 1.59 bits per heavy atom. The summed E-state index contributed by atoms with van der Waals surface area (Å²) in [5.74, 6) is -10.7. The number of rotatable bonds is 11. The monoisotopic (exact) mass is 414 g/mol. The fourth-order valence-electron chi connectivity index (χ4n) is 2.75. The Hall–Kier alpha value is -1.03. The van der Waals surface area contributed by atoms with Crippen molar-refractivity contribution in [1.82, 2.24) is 0 Å². The van der Waals surface area contributed by atoms with E-state index in [-0.39, 0.29) is 25.0 Å². The van der Waals surface area contributed by atoms with E-state index < -0.39 is 40.6 Å². The number of ether oxygens (including phenoxy) is 2. The van der Waals surface area contributed by atoms with Crippen molar-refractivity contribution in [3.8, 4) is 0 Å². The van der Waals surface area contributed by atoms with Gasteiger partial charge in [-0.15, -0.1) is 0 Å². The van der Waals surface area contributed by atoms with Gasteiger partial charge in [0.1, 0.15) is 0 Å². The van der Waals surface area contributed by atoms with E-state index in [1.807, 2.05) is 27.7 Å². The Balaban J connectivity index is 2.68. The van der Waals surface area contributed by atoms with Crippen LogP contribution in [0.5, 0.6) is 0 Å². The largest absolute Gasteiger partial charge is 0.380 e. The summed E-state index contributed by atoms with van der Waals surface area (Å²) in [6, 6.07) is 0. The van der Waals surface area contributed by atoms with Crippen LogP contribution < -0.4 is 0 Å². The zero-order valence-electron chi connectivity index (χ0n) is 16.3. The van der Waals surface area contributed by atoms with Crippen molar-refractivity contribution in [3.63, 3.8) is 0 Å². The number of halogens is 5. The third-order valence-electron chi connectivity index (χ3n) is 3.85. The van der Waals surface area contributed by atoms with Gasteiger partial charge in [-0.05, 0) is 47.0 Å². The molecule has 0 saturated heterocycles. The molecular formula is C18H27F5O3Si. The second kappa shape index (κ2) is 10.5. The first kappa shape index (κ1) is 24.0.